The van der Waals surface area contributed by atoms with Crippen molar-refractivity contribution in [1.29, 1.82) is 0 Å². The molecule has 0 atom stereocenters. The van der Waals surface area contributed by atoms with Gasteiger partial charge in [-0.1, -0.05) is 48.6 Å². The third kappa shape index (κ3) is 4.54. The van der Waals surface area contributed by atoms with Gasteiger partial charge in [0.1, 0.15) is 0 Å². The quantitative estimate of drug-likeness (QED) is 0.681. The maximum absolute atomic E-state index is 4.45. The minimum absolute atomic E-state index is 0.908. The van der Waals surface area contributed by atoms with E-state index < -0.39 is 0 Å². The van der Waals surface area contributed by atoms with Crippen LogP contribution >= 0.6 is 0 Å². The highest BCUT2D eigenvalue weighted by molar-refractivity contribution is 5.49. The number of hydrogen-bond acceptors (Lipinski definition) is 1. The van der Waals surface area contributed by atoms with Crippen molar-refractivity contribution in [1.82, 2.24) is 4.98 Å². The Morgan fingerprint density at radius 3 is 2.83 bits per heavy atom. The lowest BCUT2D eigenvalue weighted by atomic mass is 10.1. The predicted octanol–water partition coefficient (Wildman–Crippen LogP) is 4.65. The summed E-state index contributed by atoms with van der Waals surface area (Å²) < 4.78 is 0. The molecule has 1 aromatic rings. The van der Waals surface area contributed by atoms with E-state index >= 15 is 0 Å². The molecule has 0 radical (unpaired) electrons. The third-order valence-corrected chi connectivity index (χ3v) is 2.67. The molecule has 1 nitrogen and oxygen atoms in total. The van der Waals surface area contributed by atoms with Crippen molar-refractivity contribution in [3.8, 4) is 0 Å². The summed E-state index contributed by atoms with van der Waals surface area (Å²) in [5.74, 6) is 0. The first kappa shape index (κ1) is 14.2. The molecule has 0 aliphatic heterocycles. The second-order valence-corrected chi connectivity index (χ2v) is 4.29. The van der Waals surface area contributed by atoms with Gasteiger partial charge in [0.05, 0.1) is 5.69 Å². The molecule has 0 aliphatic rings. The van der Waals surface area contributed by atoms with Crippen LogP contribution in [0.4, 0.5) is 0 Å². The highest BCUT2D eigenvalue weighted by Gasteiger charge is 1.97. The molecule has 1 aromatic heterocycles. The average molecular weight is 239 g/mol. The van der Waals surface area contributed by atoms with E-state index in [4.69, 9.17) is 0 Å². The molecule has 0 aliphatic carbocycles. The fourth-order valence-electron chi connectivity index (χ4n) is 1.58. The van der Waals surface area contributed by atoms with Crippen LogP contribution in [-0.4, -0.2) is 4.98 Å². The van der Waals surface area contributed by atoms with Crippen LogP contribution in [0.1, 0.15) is 30.7 Å². The van der Waals surface area contributed by atoms with E-state index in [0.29, 0.717) is 0 Å². The summed E-state index contributed by atoms with van der Waals surface area (Å²) in [5, 5.41) is 0. The van der Waals surface area contributed by atoms with Gasteiger partial charge in [0.15, 0.2) is 0 Å². The van der Waals surface area contributed by atoms with Gasteiger partial charge < -0.3 is 0 Å². The zero-order valence-corrected chi connectivity index (χ0v) is 11.5. The van der Waals surface area contributed by atoms with Gasteiger partial charge in [-0.3, -0.25) is 4.98 Å². The molecule has 18 heavy (non-hydrogen) atoms. The number of aryl methyl sites for hydroxylation is 1. The van der Waals surface area contributed by atoms with E-state index in [-0.39, 0.29) is 0 Å². The van der Waals surface area contributed by atoms with Crippen molar-refractivity contribution in [2.45, 2.75) is 27.2 Å². The number of aromatic nitrogens is 1. The lowest BCUT2D eigenvalue weighted by Gasteiger charge is -2.02. The fraction of sp³-hybridized carbons (Fsp3) is 0.235. The zero-order chi connectivity index (χ0) is 13.4. The first-order valence-electron chi connectivity index (χ1n) is 6.21. The van der Waals surface area contributed by atoms with Gasteiger partial charge >= 0.3 is 0 Å². The summed E-state index contributed by atoms with van der Waals surface area (Å²) in [6.45, 7) is 9.85. The maximum Gasteiger partial charge on any atom is 0.0655 e. The lowest BCUT2D eigenvalue weighted by molar-refractivity contribution is 1.14. The molecule has 0 bridgehead atoms. The first-order valence-corrected chi connectivity index (χ1v) is 6.21. The van der Waals surface area contributed by atoms with Crippen LogP contribution in [0.3, 0.4) is 0 Å². The Morgan fingerprint density at radius 2 is 2.22 bits per heavy atom. The topological polar surface area (TPSA) is 12.9 Å². The van der Waals surface area contributed by atoms with Crippen molar-refractivity contribution >= 4 is 6.08 Å². The molecular weight excluding hydrogens is 218 g/mol. The van der Waals surface area contributed by atoms with Crippen molar-refractivity contribution in [3.63, 3.8) is 0 Å². The molecule has 94 valence electrons. The van der Waals surface area contributed by atoms with Gasteiger partial charge in [-0.2, -0.15) is 0 Å². The van der Waals surface area contributed by atoms with Crippen LogP contribution in [0.2, 0.25) is 0 Å². The summed E-state index contributed by atoms with van der Waals surface area (Å²) in [7, 11) is 0. The lowest BCUT2D eigenvalue weighted by Crippen LogP contribution is -1.90. The normalized spacial score (nSPS) is 12.5. The minimum atomic E-state index is 0.908. The zero-order valence-electron chi connectivity index (χ0n) is 11.5. The van der Waals surface area contributed by atoms with Gasteiger partial charge in [-0.15, -0.1) is 0 Å². The molecular formula is C17H21N. The molecule has 0 amide bonds. The smallest absolute Gasteiger partial charge is 0.0655 e. The van der Waals surface area contributed by atoms with Gasteiger partial charge in [-0.05, 0) is 44.4 Å². The van der Waals surface area contributed by atoms with E-state index in [2.05, 4.69) is 42.8 Å². The van der Waals surface area contributed by atoms with Crippen molar-refractivity contribution in [3.05, 3.63) is 71.6 Å². The van der Waals surface area contributed by atoms with E-state index in [0.717, 1.165) is 12.1 Å². The molecule has 1 rings (SSSR count). The van der Waals surface area contributed by atoms with Crippen LogP contribution in [0.15, 0.2) is 54.8 Å². The van der Waals surface area contributed by atoms with Crippen LogP contribution in [0.5, 0.6) is 0 Å². The molecule has 0 saturated heterocycles. The highest BCUT2D eigenvalue weighted by atomic mass is 14.7. The van der Waals surface area contributed by atoms with Gasteiger partial charge in [0.2, 0.25) is 0 Å². The van der Waals surface area contributed by atoms with Gasteiger partial charge in [-0.25, -0.2) is 0 Å². The Kier molecular flexibility index (Phi) is 5.86. The molecule has 1 heterocycles. The van der Waals surface area contributed by atoms with Crippen LogP contribution < -0.4 is 0 Å². The fourth-order valence-corrected chi connectivity index (χ4v) is 1.58. The molecule has 1 heteroatoms. The SMILES string of the molecule is C=C/C(C)=C\C=C/Cc1cnc(/C=C\C)c(C)c1. The molecule has 0 saturated carbocycles. The van der Waals surface area contributed by atoms with E-state index in [1.807, 2.05) is 38.3 Å². The number of nitrogens with zero attached hydrogens (tertiary/aromatic N) is 1. The molecule has 0 aromatic carbocycles. The van der Waals surface area contributed by atoms with E-state index in [1.54, 1.807) is 0 Å². The largest absolute Gasteiger partial charge is 0.256 e. The first-order chi connectivity index (χ1) is 8.67. The molecule has 0 spiro atoms. The standard InChI is InChI=1S/C17H21N/c1-5-9-17-15(4)12-16(13-18-17)11-8-7-10-14(3)6-2/h5-10,12-13H,2,11H2,1,3-4H3/b8-7-,9-5-,14-10-. The summed E-state index contributed by atoms with van der Waals surface area (Å²) in [4.78, 5) is 4.45. The number of allylic oxidation sites excluding steroid dienone is 6. The summed E-state index contributed by atoms with van der Waals surface area (Å²) >= 11 is 0. The van der Waals surface area contributed by atoms with Crippen LogP contribution in [0.25, 0.3) is 6.08 Å². The average Bonchev–Trinajstić information content (AvgIpc) is 2.37. The molecule has 0 unspecified atom stereocenters. The third-order valence-electron chi connectivity index (χ3n) is 2.67. The molecule has 0 N–H and O–H groups in total. The van der Waals surface area contributed by atoms with Crippen molar-refractivity contribution in [2.24, 2.45) is 0 Å². The predicted molar refractivity (Wildman–Crippen MR) is 80.5 cm³/mol. The number of pyridine rings is 1. The van der Waals surface area contributed by atoms with Crippen LogP contribution in [-0.2, 0) is 6.42 Å². The summed E-state index contributed by atoms with van der Waals surface area (Å²) in [5.41, 5.74) is 4.68. The summed E-state index contributed by atoms with van der Waals surface area (Å²) in [6, 6.07) is 2.19. The number of rotatable bonds is 5. The Hall–Kier alpha value is -1.89. The van der Waals surface area contributed by atoms with Gasteiger partial charge in [0.25, 0.3) is 0 Å². The maximum atomic E-state index is 4.45. The molecule has 0 fully saturated rings. The Labute approximate surface area is 110 Å². The van der Waals surface area contributed by atoms with Gasteiger partial charge in [0, 0.05) is 6.20 Å². The number of hydrogen-bond donors (Lipinski definition) is 0. The van der Waals surface area contributed by atoms with E-state index in [9.17, 15) is 0 Å². The van der Waals surface area contributed by atoms with Crippen molar-refractivity contribution < 1.29 is 0 Å². The Bertz CT molecular complexity index is 490. The minimum Gasteiger partial charge on any atom is -0.256 e. The van der Waals surface area contributed by atoms with Crippen molar-refractivity contribution in [2.75, 3.05) is 0 Å². The second kappa shape index (κ2) is 7.44. The Morgan fingerprint density at radius 1 is 1.44 bits per heavy atom. The second-order valence-electron chi connectivity index (χ2n) is 4.29. The Balaban J connectivity index is 2.69. The van der Waals surface area contributed by atoms with E-state index in [1.165, 1.54) is 16.7 Å². The highest BCUT2D eigenvalue weighted by Crippen LogP contribution is 2.10. The monoisotopic (exact) mass is 239 g/mol. The summed E-state index contributed by atoms with van der Waals surface area (Å²) in [6.07, 6.45) is 15.0. The van der Waals surface area contributed by atoms with Crippen LogP contribution in [0, 0.1) is 6.92 Å².